The fraction of sp³-hybridized carbons (Fsp3) is 0.235. The van der Waals surface area contributed by atoms with E-state index in [2.05, 4.69) is 17.0 Å². The molecule has 0 amide bonds. The summed E-state index contributed by atoms with van der Waals surface area (Å²) in [6.07, 6.45) is 5.31. The van der Waals surface area contributed by atoms with E-state index in [4.69, 9.17) is 4.42 Å². The Morgan fingerprint density at radius 2 is 2.05 bits per heavy atom. The standard InChI is InChI=1S/C17H17NO2/c19-16(17-9-5-11-20-17)12-15-8-4-10-18(15)13-14-6-2-1-3-7-14/h1-3,5-7,9,11-12H,4,8,10,13H2/b15-12+. The second-order valence-corrected chi connectivity index (χ2v) is 4.99. The first-order chi connectivity index (χ1) is 9.83. The van der Waals surface area contributed by atoms with Crippen molar-refractivity contribution in [3.63, 3.8) is 0 Å². The Morgan fingerprint density at radius 3 is 2.80 bits per heavy atom. The molecule has 1 fully saturated rings. The highest BCUT2D eigenvalue weighted by Crippen LogP contribution is 2.24. The van der Waals surface area contributed by atoms with Crippen molar-refractivity contribution in [1.29, 1.82) is 0 Å². The molecule has 1 aromatic carbocycles. The Hall–Kier alpha value is -2.29. The van der Waals surface area contributed by atoms with Crippen LogP contribution in [0.5, 0.6) is 0 Å². The first-order valence-electron chi connectivity index (χ1n) is 6.90. The van der Waals surface area contributed by atoms with Crippen molar-refractivity contribution >= 4 is 5.78 Å². The zero-order chi connectivity index (χ0) is 13.8. The van der Waals surface area contributed by atoms with Gasteiger partial charge in [0.25, 0.3) is 0 Å². The molecule has 0 unspecified atom stereocenters. The van der Waals surface area contributed by atoms with Crippen LogP contribution in [0.3, 0.4) is 0 Å². The average Bonchev–Trinajstić information content (AvgIpc) is 3.12. The van der Waals surface area contributed by atoms with Gasteiger partial charge in [-0.05, 0) is 30.5 Å². The summed E-state index contributed by atoms with van der Waals surface area (Å²) in [5, 5.41) is 0. The number of benzene rings is 1. The molecule has 2 aromatic rings. The van der Waals surface area contributed by atoms with Gasteiger partial charge in [-0.25, -0.2) is 0 Å². The van der Waals surface area contributed by atoms with Gasteiger partial charge < -0.3 is 9.32 Å². The fourth-order valence-electron chi connectivity index (χ4n) is 2.54. The quantitative estimate of drug-likeness (QED) is 0.626. The lowest BCUT2D eigenvalue weighted by atomic mass is 10.2. The van der Waals surface area contributed by atoms with E-state index in [1.165, 1.54) is 11.8 Å². The van der Waals surface area contributed by atoms with E-state index in [1.807, 2.05) is 18.2 Å². The normalized spacial score (nSPS) is 16.8. The molecule has 0 radical (unpaired) electrons. The van der Waals surface area contributed by atoms with Crippen LogP contribution < -0.4 is 0 Å². The number of furan rings is 1. The summed E-state index contributed by atoms with van der Waals surface area (Å²) in [5.74, 6) is 0.356. The third-order valence-corrected chi connectivity index (χ3v) is 3.55. The number of carbonyl (C=O) groups is 1. The molecule has 3 nitrogen and oxygen atoms in total. The Morgan fingerprint density at radius 1 is 1.20 bits per heavy atom. The molecule has 102 valence electrons. The van der Waals surface area contributed by atoms with Gasteiger partial charge in [-0.15, -0.1) is 0 Å². The summed E-state index contributed by atoms with van der Waals surface area (Å²) in [6, 6.07) is 13.8. The molecule has 0 aliphatic carbocycles. The Kier molecular flexibility index (Phi) is 3.68. The maximum absolute atomic E-state index is 12.1. The van der Waals surface area contributed by atoms with Crippen molar-refractivity contribution in [2.24, 2.45) is 0 Å². The first kappa shape index (κ1) is 12.7. The van der Waals surface area contributed by atoms with Gasteiger partial charge in [0.1, 0.15) is 0 Å². The van der Waals surface area contributed by atoms with Crippen LogP contribution in [0.25, 0.3) is 0 Å². The lowest BCUT2D eigenvalue weighted by Crippen LogP contribution is -2.17. The first-order valence-corrected chi connectivity index (χ1v) is 6.90. The molecule has 0 N–H and O–H groups in total. The van der Waals surface area contributed by atoms with Gasteiger partial charge in [-0.2, -0.15) is 0 Å². The van der Waals surface area contributed by atoms with Crippen LogP contribution in [0, 0.1) is 0 Å². The highest BCUT2D eigenvalue weighted by atomic mass is 16.3. The number of hydrogen-bond acceptors (Lipinski definition) is 3. The van der Waals surface area contributed by atoms with Crippen molar-refractivity contribution in [1.82, 2.24) is 4.90 Å². The minimum Gasteiger partial charge on any atom is -0.461 e. The molecular formula is C17H17NO2. The topological polar surface area (TPSA) is 33.5 Å². The van der Waals surface area contributed by atoms with E-state index in [0.717, 1.165) is 31.6 Å². The molecule has 0 atom stereocenters. The summed E-state index contributed by atoms with van der Waals surface area (Å²) in [4.78, 5) is 14.3. The van der Waals surface area contributed by atoms with Gasteiger partial charge >= 0.3 is 0 Å². The monoisotopic (exact) mass is 267 g/mol. The summed E-state index contributed by atoms with van der Waals surface area (Å²) >= 11 is 0. The van der Waals surface area contributed by atoms with Crippen LogP contribution in [-0.2, 0) is 6.54 Å². The average molecular weight is 267 g/mol. The molecule has 20 heavy (non-hydrogen) atoms. The maximum Gasteiger partial charge on any atom is 0.222 e. The molecule has 0 saturated carbocycles. The largest absolute Gasteiger partial charge is 0.461 e. The molecule has 0 bridgehead atoms. The van der Waals surface area contributed by atoms with Crippen LogP contribution in [0.1, 0.15) is 29.0 Å². The van der Waals surface area contributed by atoms with E-state index < -0.39 is 0 Å². The van der Waals surface area contributed by atoms with Crippen molar-refractivity contribution in [2.75, 3.05) is 6.54 Å². The Bertz CT molecular complexity index is 599. The molecule has 3 heteroatoms. The molecular weight excluding hydrogens is 250 g/mol. The van der Waals surface area contributed by atoms with E-state index in [0.29, 0.717) is 5.76 Å². The number of allylic oxidation sites excluding steroid dienone is 2. The van der Waals surface area contributed by atoms with Crippen LogP contribution in [-0.4, -0.2) is 17.2 Å². The zero-order valence-electron chi connectivity index (χ0n) is 11.3. The van der Waals surface area contributed by atoms with Crippen molar-refractivity contribution in [2.45, 2.75) is 19.4 Å². The molecule has 0 spiro atoms. The molecule has 3 rings (SSSR count). The number of rotatable bonds is 4. The maximum atomic E-state index is 12.1. The SMILES string of the molecule is O=C(/C=C1\CCCN1Cc1ccccc1)c1ccco1. The number of carbonyl (C=O) groups excluding carboxylic acids is 1. The highest BCUT2D eigenvalue weighted by Gasteiger charge is 2.19. The Labute approximate surface area is 118 Å². The third-order valence-electron chi connectivity index (χ3n) is 3.55. The summed E-state index contributed by atoms with van der Waals surface area (Å²) in [7, 11) is 0. The Balaban J connectivity index is 1.74. The molecule has 1 aromatic heterocycles. The van der Waals surface area contributed by atoms with Crippen molar-refractivity contribution < 1.29 is 9.21 Å². The lowest BCUT2D eigenvalue weighted by Gasteiger charge is -2.19. The van der Waals surface area contributed by atoms with E-state index in [-0.39, 0.29) is 5.78 Å². The number of likely N-dealkylation sites (tertiary alicyclic amines) is 1. The summed E-state index contributed by atoms with van der Waals surface area (Å²) < 4.78 is 5.15. The van der Waals surface area contributed by atoms with E-state index in [9.17, 15) is 4.79 Å². The molecule has 1 aliphatic heterocycles. The fourth-order valence-corrected chi connectivity index (χ4v) is 2.54. The zero-order valence-corrected chi connectivity index (χ0v) is 11.3. The molecule has 1 aliphatic rings. The number of ketones is 1. The smallest absolute Gasteiger partial charge is 0.222 e. The summed E-state index contributed by atoms with van der Waals surface area (Å²) in [6.45, 7) is 1.87. The second kappa shape index (κ2) is 5.78. The van der Waals surface area contributed by atoms with Crippen LogP contribution in [0.2, 0.25) is 0 Å². The van der Waals surface area contributed by atoms with Gasteiger partial charge in [-0.1, -0.05) is 30.3 Å². The molecule has 2 heterocycles. The van der Waals surface area contributed by atoms with Gasteiger partial charge in [0.05, 0.1) is 6.26 Å². The predicted molar refractivity (Wildman–Crippen MR) is 77.2 cm³/mol. The predicted octanol–water partition coefficient (Wildman–Crippen LogP) is 3.64. The van der Waals surface area contributed by atoms with Crippen LogP contribution in [0.15, 0.2) is 64.9 Å². The van der Waals surface area contributed by atoms with E-state index in [1.54, 1.807) is 18.2 Å². The van der Waals surface area contributed by atoms with E-state index >= 15 is 0 Å². The van der Waals surface area contributed by atoms with Gasteiger partial charge in [0.2, 0.25) is 5.78 Å². The minimum absolute atomic E-state index is 0.0510. The highest BCUT2D eigenvalue weighted by molar-refractivity contribution is 6.02. The lowest BCUT2D eigenvalue weighted by molar-refractivity contribution is 0.101. The van der Waals surface area contributed by atoms with Gasteiger partial charge in [-0.3, -0.25) is 4.79 Å². The second-order valence-electron chi connectivity index (χ2n) is 4.99. The van der Waals surface area contributed by atoms with Crippen LogP contribution >= 0.6 is 0 Å². The number of hydrogen-bond donors (Lipinski definition) is 0. The minimum atomic E-state index is -0.0510. The van der Waals surface area contributed by atoms with Crippen LogP contribution in [0.4, 0.5) is 0 Å². The number of nitrogens with zero attached hydrogens (tertiary/aromatic N) is 1. The van der Waals surface area contributed by atoms with Crippen molar-refractivity contribution in [3.8, 4) is 0 Å². The molecule has 1 saturated heterocycles. The third kappa shape index (κ3) is 2.82. The van der Waals surface area contributed by atoms with Crippen molar-refractivity contribution in [3.05, 3.63) is 71.8 Å². The van der Waals surface area contributed by atoms with Gasteiger partial charge in [0, 0.05) is 24.9 Å². The summed E-state index contributed by atoms with van der Waals surface area (Å²) in [5.41, 5.74) is 2.38. The van der Waals surface area contributed by atoms with Gasteiger partial charge in [0.15, 0.2) is 5.76 Å².